The minimum Gasteiger partial charge on any atom is -0.330 e. The molecule has 16 heavy (non-hydrogen) atoms. The SMILES string of the molecule is CC1CN(CC(CN)C(F)(F)F)CC(C)S1. The van der Waals surface area contributed by atoms with Crippen LogP contribution in [0.2, 0.25) is 0 Å². The minimum atomic E-state index is -4.17. The van der Waals surface area contributed by atoms with Crippen molar-refractivity contribution in [3.8, 4) is 0 Å². The van der Waals surface area contributed by atoms with Crippen LogP contribution in [0.3, 0.4) is 0 Å². The van der Waals surface area contributed by atoms with Gasteiger partial charge in [0.25, 0.3) is 0 Å². The Morgan fingerprint density at radius 1 is 1.31 bits per heavy atom. The molecule has 1 aliphatic rings. The van der Waals surface area contributed by atoms with E-state index in [9.17, 15) is 13.2 Å². The van der Waals surface area contributed by atoms with E-state index in [2.05, 4.69) is 13.8 Å². The number of nitrogens with zero attached hydrogens (tertiary/aromatic N) is 1. The van der Waals surface area contributed by atoms with Gasteiger partial charge in [0.15, 0.2) is 0 Å². The highest BCUT2D eigenvalue weighted by molar-refractivity contribution is 8.00. The van der Waals surface area contributed by atoms with Gasteiger partial charge in [0.05, 0.1) is 5.92 Å². The van der Waals surface area contributed by atoms with E-state index in [1.165, 1.54) is 0 Å². The zero-order chi connectivity index (χ0) is 12.3. The molecular weight excluding hydrogens is 237 g/mol. The van der Waals surface area contributed by atoms with Crippen LogP contribution in [0.5, 0.6) is 0 Å². The Hall–Kier alpha value is 0.0600. The average Bonchev–Trinajstić information content (AvgIpc) is 2.10. The molecule has 96 valence electrons. The van der Waals surface area contributed by atoms with Gasteiger partial charge in [-0.25, -0.2) is 0 Å². The largest absolute Gasteiger partial charge is 0.394 e. The maximum atomic E-state index is 12.6. The number of thioether (sulfide) groups is 1. The molecule has 1 rings (SSSR count). The number of nitrogens with two attached hydrogens (primary N) is 1. The normalized spacial score (nSPS) is 30.4. The fourth-order valence-corrected chi connectivity index (χ4v) is 3.44. The summed E-state index contributed by atoms with van der Waals surface area (Å²) >= 11 is 1.83. The first-order chi connectivity index (χ1) is 7.32. The van der Waals surface area contributed by atoms with Crippen molar-refractivity contribution in [1.82, 2.24) is 4.90 Å². The van der Waals surface area contributed by atoms with Crippen LogP contribution in [0.1, 0.15) is 13.8 Å². The molecule has 0 radical (unpaired) electrons. The predicted molar refractivity (Wildman–Crippen MR) is 61.6 cm³/mol. The van der Waals surface area contributed by atoms with Crippen molar-refractivity contribution in [2.45, 2.75) is 30.5 Å². The predicted octanol–water partition coefficient (Wildman–Crippen LogP) is 1.95. The Balaban J connectivity index is 2.51. The number of halogens is 3. The summed E-state index contributed by atoms with van der Waals surface area (Å²) in [5.41, 5.74) is 5.19. The molecule has 0 aromatic carbocycles. The van der Waals surface area contributed by atoms with Crippen LogP contribution >= 0.6 is 11.8 Å². The van der Waals surface area contributed by atoms with Gasteiger partial charge in [-0.2, -0.15) is 24.9 Å². The molecule has 1 aliphatic heterocycles. The van der Waals surface area contributed by atoms with Crippen LogP contribution in [0.15, 0.2) is 0 Å². The second-order valence-corrected chi connectivity index (χ2v) is 6.33. The average molecular weight is 256 g/mol. The summed E-state index contributed by atoms with van der Waals surface area (Å²) in [5, 5.41) is 0.797. The maximum absolute atomic E-state index is 12.6. The molecule has 3 unspecified atom stereocenters. The molecule has 6 heteroatoms. The summed E-state index contributed by atoms with van der Waals surface area (Å²) in [5.74, 6) is -1.39. The van der Waals surface area contributed by atoms with E-state index < -0.39 is 12.1 Å². The second-order valence-electron chi connectivity index (χ2n) is 4.45. The van der Waals surface area contributed by atoms with Gasteiger partial charge in [-0.05, 0) is 0 Å². The third kappa shape index (κ3) is 4.14. The molecule has 1 fully saturated rings. The summed E-state index contributed by atoms with van der Waals surface area (Å²) in [4.78, 5) is 1.89. The fraction of sp³-hybridized carbons (Fsp3) is 1.00. The van der Waals surface area contributed by atoms with E-state index in [1.807, 2.05) is 16.7 Å². The first-order valence-corrected chi connectivity index (χ1v) is 6.41. The first-order valence-electron chi connectivity index (χ1n) is 5.47. The van der Waals surface area contributed by atoms with E-state index in [-0.39, 0.29) is 13.1 Å². The molecule has 0 aromatic heterocycles. The molecule has 1 saturated heterocycles. The summed E-state index contributed by atoms with van der Waals surface area (Å²) in [6.07, 6.45) is -4.17. The monoisotopic (exact) mass is 256 g/mol. The summed E-state index contributed by atoms with van der Waals surface area (Å²) in [6.45, 7) is 5.27. The number of hydrogen-bond acceptors (Lipinski definition) is 3. The Kier molecular flexibility index (Phi) is 4.94. The van der Waals surface area contributed by atoms with Gasteiger partial charge in [-0.3, -0.25) is 0 Å². The van der Waals surface area contributed by atoms with E-state index >= 15 is 0 Å². The lowest BCUT2D eigenvalue weighted by Crippen LogP contribution is -2.47. The molecule has 0 saturated carbocycles. The molecule has 0 aromatic rings. The minimum absolute atomic E-state index is 0.0369. The van der Waals surface area contributed by atoms with Gasteiger partial charge >= 0.3 is 6.18 Å². The summed E-state index contributed by atoms with van der Waals surface area (Å²) in [6, 6.07) is 0. The van der Waals surface area contributed by atoms with E-state index in [0.29, 0.717) is 10.5 Å². The van der Waals surface area contributed by atoms with Crippen molar-refractivity contribution in [2.75, 3.05) is 26.2 Å². The van der Waals surface area contributed by atoms with Crippen LogP contribution in [0.4, 0.5) is 13.2 Å². The van der Waals surface area contributed by atoms with Crippen LogP contribution < -0.4 is 5.73 Å². The molecule has 0 bridgehead atoms. The van der Waals surface area contributed by atoms with Crippen LogP contribution in [-0.4, -0.2) is 47.8 Å². The number of alkyl halides is 3. The van der Waals surface area contributed by atoms with Crippen molar-refractivity contribution in [3.63, 3.8) is 0 Å². The second kappa shape index (κ2) is 5.60. The molecule has 0 aliphatic carbocycles. The van der Waals surface area contributed by atoms with E-state index in [0.717, 1.165) is 13.1 Å². The molecule has 1 heterocycles. The quantitative estimate of drug-likeness (QED) is 0.837. The van der Waals surface area contributed by atoms with Crippen molar-refractivity contribution in [2.24, 2.45) is 11.7 Å². The topological polar surface area (TPSA) is 29.3 Å². The standard InChI is InChI=1S/C10H19F3N2S/c1-7-4-15(5-8(2)16-7)6-9(3-14)10(11,12)13/h7-9H,3-6,14H2,1-2H3. The molecule has 3 atom stereocenters. The Morgan fingerprint density at radius 3 is 2.19 bits per heavy atom. The molecule has 0 amide bonds. The van der Waals surface area contributed by atoms with Gasteiger partial charge in [0.1, 0.15) is 0 Å². The molecule has 2 nitrogen and oxygen atoms in total. The molecular formula is C10H19F3N2S. The van der Waals surface area contributed by atoms with Gasteiger partial charge < -0.3 is 10.6 Å². The van der Waals surface area contributed by atoms with Gasteiger partial charge in [0.2, 0.25) is 0 Å². The lowest BCUT2D eigenvalue weighted by Gasteiger charge is -2.36. The number of hydrogen-bond donors (Lipinski definition) is 1. The Labute approximate surface area is 98.7 Å². The van der Waals surface area contributed by atoms with Gasteiger partial charge in [-0.1, -0.05) is 13.8 Å². The zero-order valence-electron chi connectivity index (χ0n) is 9.63. The van der Waals surface area contributed by atoms with E-state index in [4.69, 9.17) is 5.73 Å². The van der Waals surface area contributed by atoms with Crippen molar-refractivity contribution in [3.05, 3.63) is 0 Å². The van der Waals surface area contributed by atoms with Gasteiger partial charge in [-0.15, -0.1) is 0 Å². The number of rotatable bonds is 3. The van der Waals surface area contributed by atoms with Crippen molar-refractivity contribution in [1.29, 1.82) is 0 Å². The van der Waals surface area contributed by atoms with E-state index in [1.54, 1.807) is 0 Å². The van der Waals surface area contributed by atoms with Crippen LogP contribution in [0, 0.1) is 5.92 Å². The summed E-state index contributed by atoms with van der Waals surface area (Å²) in [7, 11) is 0. The summed E-state index contributed by atoms with van der Waals surface area (Å²) < 4.78 is 37.7. The molecule has 0 spiro atoms. The third-order valence-electron chi connectivity index (χ3n) is 2.72. The Morgan fingerprint density at radius 2 is 1.81 bits per heavy atom. The highest BCUT2D eigenvalue weighted by Gasteiger charge is 2.40. The lowest BCUT2D eigenvalue weighted by atomic mass is 10.1. The fourth-order valence-electron chi connectivity index (χ4n) is 2.06. The molecule has 2 N–H and O–H groups in total. The first kappa shape index (κ1) is 14.1. The maximum Gasteiger partial charge on any atom is 0.394 e. The Bertz CT molecular complexity index is 213. The van der Waals surface area contributed by atoms with Crippen LogP contribution in [-0.2, 0) is 0 Å². The lowest BCUT2D eigenvalue weighted by molar-refractivity contribution is -0.176. The van der Waals surface area contributed by atoms with Crippen molar-refractivity contribution < 1.29 is 13.2 Å². The zero-order valence-corrected chi connectivity index (χ0v) is 10.4. The van der Waals surface area contributed by atoms with Gasteiger partial charge in [0, 0.05) is 36.7 Å². The van der Waals surface area contributed by atoms with Crippen LogP contribution in [0.25, 0.3) is 0 Å². The van der Waals surface area contributed by atoms with Crippen molar-refractivity contribution >= 4 is 11.8 Å². The third-order valence-corrected chi connectivity index (χ3v) is 3.95. The highest BCUT2D eigenvalue weighted by Crippen LogP contribution is 2.29. The smallest absolute Gasteiger partial charge is 0.330 e. The highest BCUT2D eigenvalue weighted by atomic mass is 32.2.